The molecule has 5 rings (SSSR count). The first-order valence-electron chi connectivity index (χ1n) is 13.7. The Morgan fingerprint density at radius 3 is 2.35 bits per heavy atom. The van der Waals surface area contributed by atoms with E-state index in [1.54, 1.807) is 0 Å². The van der Waals surface area contributed by atoms with Gasteiger partial charge in [-0.25, -0.2) is 4.79 Å². The van der Waals surface area contributed by atoms with E-state index in [0.717, 1.165) is 76.5 Å². The highest BCUT2D eigenvalue weighted by Gasteiger charge is 2.20. The summed E-state index contributed by atoms with van der Waals surface area (Å²) in [6.45, 7) is 6.41. The Hall–Kier alpha value is -3.47. The van der Waals surface area contributed by atoms with Crippen LogP contribution >= 0.6 is 0 Å². The molecule has 0 N–H and O–H groups in total. The first-order chi connectivity index (χ1) is 18.0. The van der Waals surface area contributed by atoms with E-state index in [2.05, 4.69) is 53.9 Å². The summed E-state index contributed by atoms with van der Waals surface area (Å²) in [5, 5.41) is 6.42. The third-order valence-corrected chi connectivity index (χ3v) is 8.00. The molecule has 3 aromatic rings. The molecule has 0 saturated heterocycles. The van der Waals surface area contributed by atoms with Crippen molar-refractivity contribution in [2.45, 2.75) is 78.7 Å². The van der Waals surface area contributed by atoms with Crippen LogP contribution in [0.5, 0.6) is 0 Å². The molecule has 0 amide bonds. The van der Waals surface area contributed by atoms with Gasteiger partial charge in [0.15, 0.2) is 5.78 Å². The summed E-state index contributed by atoms with van der Waals surface area (Å²) in [6, 6.07) is 12.4. The standard InChI is InChI=1S/C32H36N2O3/c1-4-34-30-17-14-24(29(33-37-22(3)35)16-13-23-10-6-7-11-23)19-27(30)28-20-25(15-18-31(28)34)32(36)26-12-8-5-9-21(26)2/h8,12,14-15,17-20,23H,4-7,9-11,13,16H2,1-3H3/b33-29+. The lowest BCUT2D eigenvalue weighted by Crippen LogP contribution is -2.07. The number of aryl methyl sites for hydroxylation is 1. The summed E-state index contributed by atoms with van der Waals surface area (Å²) in [5.74, 6) is 0.387. The lowest BCUT2D eigenvalue weighted by molar-refractivity contribution is -0.140. The number of Topliss-reactive ketones (excluding diaryl/α,β-unsaturated/α-hetero) is 1. The van der Waals surface area contributed by atoms with Crippen LogP contribution in [0.4, 0.5) is 0 Å². The Kier molecular flexibility index (Phi) is 7.40. The number of ketones is 1. The van der Waals surface area contributed by atoms with Crippen molar-refractivity contribution in [3.05, 3.63) is 70.8 Å². The Labute approximate surface area is 218 Å². The smallest absolute Gasteiger partial charge is 0.331 e. The van der Waals surface area contributed by atoms with Crippen LogP contribution in [0, 0.1) is 5.92 Å². The molecule has 0 unspecified atom stereocenters. The number of carbonyl (C=O) groups excluding carboxylic acids is 2. The SMILES string of the molecule is CCn1c2ccc(C(=O)C3=C(C)CCC=C3)cc2c2cc(/C(CCC3CCCC3)=N/OC(C)=O)ccc21. The van der Waals surface area contributed by atoms with Gasteiger partial charge in [-0.1, -0.05) is 54.6 Å². The van der Waals surface area contributed by atoms with Crippen molar-refractivity contribution in [2.75, 3.05) is 0 Å². The van der Waals surface area contributed by atoms with Crippen molar-refractivity contribution in [2.24, 2.45) is 11.1 Å². The Morgan fingerprint density at radius 2 is 1.70 bits per heavy atom. The summed E-state index contributed by atoms with van der Waals surface area (Å²) < 4.78 is 2.29. The molecule has 1 fully saturated rings. The Bertz CT molecular complexity index is 1450. The third kappa shape index (κ3) is 5.18. The highest BCUT2D eigenvalue weighted by molar-refractivity contribution is 6.16. The van der Waals surface area contributed by atoms with E-state index in [0.29, 0.717) is 11.5 Å². The summed E-state index contributed by atoms with van der Waals surface area (Å²) in [5.41, 5.74) is 6.69. The number of rotatable bonds is 8. The topological polar surface area (TPSA) is 60.7 Å². The second kappa shape index (κ2) is 10.9. The van der Waals surface area contributed by atoms with Gasteiger partial charge in [-0.3, -0.25) is 4.79 Å². The van der Waals surface area contributed by atoms with Gasteiger partial charge in [-0.15, -0.1) is 0 Å². The van der Waals surface area contributed by atoms with Crippen molar-refractivity contribution in [3.8, 4) is 0 Å². The molecule has 5 heteroatoms. The molecule has 37 heavy (non-hydrogen) atoms. The van der Waals surface area contributed by atoms with E-state index in [4.69, 9.17) is 4.84 Å². The molecule has 0 atom stereocenters. The normalized spacial score (nSPS) is 16.8. The molecule has 0 radical (unpaired) electrons. The highest BCUT2D eigenvalue weighted by atomic mass is 16.7. The van der Waals surface area contributed by atoms with Crippen molar-refractivity contribution in [1.82, 2.24) is 4.57 Å². The predicted octanol–water partition coefficient (Wildman–Crippen LogP) is 7.90. The highest BCUT2D eigenvalue weighted by Crippen LogP contribution is 2.33. The second-order valence-electron chi connectivity index (χ2n) is 10.5. The molecule has 2 aromatic carbocycles. The maximum Gasteiger partial charge on any atom is 0.331 e. The first-order valence-corrected chi connectivity index (χ1v) is 13.7. The van der Waals surface area contributed by atoms with Crippen LogP contribution in [-0.2, 0) is 16.2 Å². The molecule has 0 spiro atoms. The van der Waals surface area contributed by atoms with Gasteiger partial charge in [0.25, 0.3) is 0 Å². The van der Waals surface area contributed by atoms with Gasteiger partial charge in [-0.2, -0.15) is 0 Å². The van der Waals surface area contributed by atoms with Crippen LogP contribution in [0.3, 0.4) is 0 Å². The van der Waals surface area contributed by atoms with E-state index in [1.165, 1.54) is 32.6 Å². The van der Waals surface area contributed by atoms with E-state index >= 15 is 0 Å². The molecule has 2 aliphatic rings. The number of aromatic nitrogens is 1. The fraction of sp³-hybridized carbons (Fsp3) is 0.406. The van der Waals surface area contributed by atoms with Gasteiger partial charge < -0.3 is 9.40 Å². The van der Waals surface area contributed by atoms with Gasteiger partial charge in [0.2, 0.25) is 0 Å². The largest absolute Gasteiger partial charge is 0.341 e. The van der Waals surface area contributed by atoms with Gasteiger partial charge in [0, 0.05) is 52.0 Å². The number of hydrogen-bond donors (Lipinski definition) is 0. The molecule has 1 heterocycles. The molecule has 0 aliphatic heterocycles. The zero-order chi connectivity index (χ0) is 25.9. The molecule has 1 aromatic heterocycles. The summed E-state index contributed by atoms with van der Waals surface area (Å²) in [4.78, 5) is 30.1. The van der Waals surface area contributed by atoms with Crippen LogP contribution in [-0.4, -0.2) is 22.0 Å². The summed E-state index contributed by atoms with van der Waals surface area (Å²) in [7, 11) is 0. The Morgan fingerprint density at radius 1 is 1.03 bits per heavy atom. The number of allylic oxidation sites excluding steroid dienone is 4. The Balaban J connectivity index is 1.57. The van der Waals surface area contributed by atoms with Crippen LogP contribution < -0.4 is 0 Å². The van der Waals surface area contributed by atoms with Crippen LogP contribution in [0.15, 0.2) is 64.9 Å². The summed E-state index contributed by atoms with van der Waals surface area (Å²) in [6.07, 6.45) is 13.0. The number of nitrogens with zero attached hydrogens (tertiary/aromatic N) is 2. The minimum Gasteiger partial charge on any atom is -0.341 e. The quantitative estimate of drug-likeness (QED) is 0.138. The zero-order valence-corrected chi connectivity index (χ0v) is 22.2. The third-order valence-electron chi connectivity index (χ3n) is 8.00. The monoisotopic (exact) mass is 496 g/mol. The van der Waals surface area contributed by atoms with Crippen molar-refractivity contribution in [3.63, 3.8) is 0 Å². The molecular formula is C32H36N2O3. The summed E-state index contributed by atoms with van der Waals surface area (Å²) >= 11 is 0. The van der Waals surface area contributed by atoms with E-state index in [1.807, 2.05) is 18.2 Å². The first kappa shape index (κ1) is 25.2. The van der Waals surface area contributed by atoms with Crippen LogP contribution in [0.25, 0.3) is 21.8 Å². The number of hydrogen-bond acceptors (Lipinski definition) is 4. The van der Waals surface area contributed by atoms with Crippen LogP contribution in [0.2, 0.25) is 0 Å². The maximum absolute atomic E-state index is 13.4. The number of carbonyl (C=O) groups is 2. The molecule has 192 valence electrons. The number of fused-ring (bicyclic) bond motifs is 3. The fourth-order valence-corrected chi connectivity index (χ4v) is 5.97. The van der Waals surface area contributed by atoms with Crippen LogP contribution in [0.1, 0.15) is 88.1 Å². The minimum atomic E-state index is -0.411. The van der Waals surface area contributed by atoms with Gasteiger partial charge >= 0.3 is 5.97 Å². The molecule has 0 bridgehead atoms. The van der Waals surface area contributed by atoms with E-state index in [9.17, 15) is 9.59 Å². The van der Waals surface area contributed by atoms with Crippen molar-refractivity contribution >= 4 is 39.3 Å². The number of benzene rings is 2. The fourth-order valence-electron chi connectivity index (χ4n) is 5.97. The van der Waals surface area contributed by atoms with Crippen molar-refractivity contribution in [1.29, 1.82) is 0 Å². The molecule has 5 nitrogen and oxygen atoms in total. The maximum atomic E-state index is 13.4. The lowest BCUT2D eigenvalue weighted by Gasteiger charge is -2.12. The molecule has 1 saturated carbocycles. The number of oxime groups is 1. The molecule has 2 aliphatic carbocycles. The zero-order valence-electron chi connectivity index (χ0n) is 22.2. The van der Waals surface area contributed by atoms with Gasteiger partial charge in [0.1, 0.15) is 0 Å². The second-order valence-corrected chi connectivity index (χ2v) is 10.5. The average Bonchev–Trinajstić information content (AvgIpc) is 3.53. The van der Waals surface area contributed by atoms with Crippen molar-refractivity contribution < 1.29 is 14.4 Å². The lowest BCUT2D eigenvalue weighted by atomic mass is 9.92. The minimum absolute atomic E-state index is 0.0811. The van der Waals surface area contributed by atoms with Gasteiger partial charge in [0.05, 0.1) is 5.71 Å². The van der Waals surface area contributed by atoms with Gasteiger partial charge in [-0.05, 0) is 75.8 Å². The average molecular weight is 497 g/mol. The predicted molar refractivity (Wildman–Crippen MR) is 150 cm³/mol. The molecular weight excluding hydrogens is 460 g/mol. The van der Waals surface area contributed by atoms with E-state index in [-0.39, 0.29) is 5.78 Å². The van der Waals surface area contributed by atoms with E-state index < -0.39 is 5.97 Å².